The van der Waals surface area contributed by atoms with Crippen LogP contribution in [0, 0.1) is 0 Å². The number of hydrogen-bond acceptors (Lipinski definition) is 4. The van der Waals surface area contributed by atoms with Gasteiger partial charge in [-0.1, -0.05) is 23.7 Å². The molecule has 5 nitrogen and oxygen atoms in total. The lowest BCUT2D eigenvalue weighted by atomic mass is 10.0. The van der Waals surface area contributed by atoms with E-state index in [0.717, 1.165) is 5.56 Å². The van der Waals surface area contributed by atoms with Gasteiger partial charge in [0.1, 0.15) is 0 Å². The molecular weight excluding hydrogens is 382 g/mol. The molecule has 0 amide bonds. The molecule has 0 saturated heterocycles. The lowest BCUT2D eigenvalue weighted by Gasteiger charge is -2.19. The van der Waals surface area contributed by atoms with Gasteiger partial charge in [-0.25, -0.2) is 9.78 Å². The highest BCUT2D eigenvalue weighted by Gasteiger charge is 2.28. The van der Waals surface area contributed by atoms with Crippen molar-refractivity contribution in [3.8, 4) is 0 Å². The summed E-state index contributed by atoms with van der Waals surface area (Å²) in [5.41, 5.74) is 8.11. The zero-order valence-electron chi connectivity index (χ0n) is 13.2. The molecule has 0 spiro atoms. The maximum Gasteiger partial charge on any atom is 0.358 e. The second kappa shape index (κ2) is 7.47. The highest BCUT2D eigenvalue weighted by molar-refractivity contribution is 9.10. The Morgan fingerprint density at radius 1 is 1.39 bits per heavy atom. The Bertz CT molecular complexity index is 698. The molecule has 1 atom stereocenters. The van der Waals surface area contributed by atoms with Gasteiger partial charge >= 0.3 is 5.97 Å². The molecule has 1 aromatic carbocycles. The average Bonchev–Trinajstić information content (AvgIpc) is 2.85. The van der Waals surface area contributed by atoms with Crippen molar-refractivity contribution in [2.75, 3.05) is 6.61 Å². The van der Waals surface area contributed by atoms with Gasteiger partial charge in [-0.15, -0.1) is 0 Å². The van der Waals surface area contributed by atoms with Crippen molar-refractivity contribution in [2.24, 2.45) is 5.73 Å². The van der Waals surface area contributed by atoms with Gasteiger partial charge < -0.3 is 15.0 Å². The number of rotatable bonds is 5. The molecule has 1 unspecified atom stereocenters. The zero-order chi connectivity index (χ0) is 17.1. The van der Waals surface area contributed by atoms with Crippen LogP contribution < -0.4 is 5.73 Å². The van der Waals surface area contributed by atoms with Crippen LogP contribution in [0.3, 0.4) is 0 Å². The van der Waals surface area contributed by atoms with E-state index in [1.807, 2.05) is 30.5 Å². The second-order valence-electron chi connectivity index (χ2n) is 5.33. The van der Waals surface area contributed by atoms with Gasteiger partial charge in [-0.2, -0.15) is 0 Å². The zero-order valence-corrected chi connectivity index (χ0v) is 15.6. The van der Waals surface area contributed by atoms with E-state index in [0.29, 0.717) is 15.5 Å². The first kappa shape index (κ1) is 18.0. The van der Waals surface area contributed by atoms with Gasteiger partial charge in [0.2, 0.25) is 0 Å². The first-order chi connectivity index (χ1) is 10.9. The summed E-state index contributed by atoms with van der Waals surface area (Å²) in [5, 5.41) is 0.630. The van der Waals surface area contributed by atoms with Crippen LogP contribution in [0.2, 0.25) is 5.02 Å². The molecule has 1 heterocycles. The topological polar surface area (TPSA) is 70.1 Å². The Labute approximate surface area is 148 Å². The molecule has 0 aliphatic rings. The van der Waals surface area contributed by atoms with E-state index in [4.69, 9.17) is 22.1 Å². The third-order valence-corrected chi connectivity index (χ3v) is 4.23. The Kier molecular flexibility index (Phi) is 5.84. The molecule has 7 heteroatoms. The van der Waals surface area contributed by atoms with Gasteiger partial charge in [0.25, 0.3) is 0 Å². The van der Waals surface area contributed by atoms with Crippen LogP contribution in [0.15, 0.2) is 29.0 Å². The quantitative estimate of drug-likeness (QED) is 0.767. The van der Waals surface area contributed by atoms with E-state index in [1.165, 1.54) is 0 Å². The number of hydrogen-bond donors (Lipinski definition) is 1. The fraction of sp³-hybridized carbons (Fsp3) is 0.375. The van der Waals surface area contributed by atoms with E-state index >= 15 is 0 Å². The van der Waals surface area contributed by atoms with Crippen LogP contribution in [-0.4, -0.2) is 22.1 Å². The largest absolute Gasteiger partial charge is 0.461 e. The number of carbonyl (C=O) groups excluding carboxylic acids is 1. The number of imidazole rings is 1. The minimum Gasteiger partial charge on any atom is -0.461 e. The fourth-order valence-electron chi connectivity index (χ4n) is 2.38. The van der Waals surface area contributed by atoms with E-state index in [-0.39, 0.29) is 18.3 Å². The predicted molar refractivity (Wildman–Crippen MR) is 93.8 cm³/mol. The first-order valence-corrected chi connectivity index (χ1v) is 8.49. The average molecular weight is 401 g/mol. The summed E-state index contributed by atoms with van der Waals surface area (Å²) >= 11 is 9.34. The van der Waals surface area contributed by atoms with Crippen molar-refractivity contribution in [1.82, 2.24) is 9.55 Å². The number of esters is 1. The van der Waals surface area contributed by atoms with Crippen molar-refractivity contribution < 1.29 is 9.53 Å². The lowest BCUT2D eigenvalue weighted by Crippen LogP contribution is -2.21. The van der Waals surface area contributed by atoms with Crippen molar-refractivity contribution in [1.29, 1.82) is 0 Å². The number of benzene rings is 1. The number of ether oxygens (including phenoxy) is 1. The standard InChI is InChI=1S/C16H19BrClN3O2/c1-4-23-15(22)13-14(21(9(2)3)16(17)20-13)12(19)10-5-7-11(18)8-6-10/h5-9,12H,4,19H2,1-3H3. The molecule has 124 valence electrons. The monoisotopic (exact) mass is 399 g/mol. The molecule has 2 N–H and O–H groups in total. The minimum absolute atomic E-state index is 0.0772. The number of nitrogens with zero attached hydrogens (tertiary/aromatic N) is 2. The van der Waals surface area contributed by atoms with Crippen molar-refractivity contribution in [3.63, 3.8) is 0 Å². The normalized spacial score (nSPS) is 12.5. The van der Waals surface area contributed by atoms with Crippen molar-refractivity contribution >= 4 is 33.5 Å². The van der Waals surface area contributed by atoms with Crippen molar-refractivity contribution in [2.45, 2.75) is 32.9 Å². The minimum atomic E-state index is -0.520. The Hall–Kier alpha value is -1.37. The van der Waals surface area contributed by atoms with E-state index in [9.17, 15) is 4.79 Å². The molecule has 1 aromatic heterocycles. The predicted octanol–water partition coefficient (Wildman–Crippen LogP) is 4.10. The maximum absolute atomic E-state index is 12.2. The fourth-order valence-corrected chi connectivity index (χ4v) is 3.29. The maximum atomic E-state index is 12.2. The molecule has 2 rings (SSSR count). The number of aromatic nitrogens is 2. The Balaban J connectivity index is 2.57. The first-order valence-electron chi connectivity index (χ1n) is 7.32. The summed E-state index contributed by atoms with van der Waals surface area (Å²) in [4.78, 5) is 16.6. The highest BCUT2D eigenvalue weighted by Crippen LogP contribution is 2.30. The van der Waals surface area contributed by atoms with Gasteiger partial charge in [-0.3, -0.25) is 0 Å². The van der Waals surface area contributed by atoms with Gasteiger partial charge in [0.15, 0.2) is 10.4 Å². The molecule has 0 bridgehead atoms. The molecule has 0 radical (unpaired) electrons. The molecule has 0 fully saturated rings. The van der Waals surface area contributed by atoms with Crippen LogP contribution in [0.4, 0.5) is 0 Å². The lowest BCUT2D eigenvalue weighted by molar-refractivity contribution is 0.0518. The van der Waals surface area contributed by atoms with E-state index in [1.54, 1.807) is 19.1 Å². The van der Waals surface area contributed by atoms with Crippen LogP contribution in [-0.2, 0) is 4.74 Å². The SMILES string of the molecule is CCOC(=O)c1nc(Br)n(C(C)C)c1C(N)c1ccc(Cl)cc1. The van der Waals surface area contributed by atoms with Gasteiger partial charge in [0.05, 0.1) is 18.3 Å². The van der Waals surface area contributed by atoms with Crippen LogP contribution >= 0.6 is 27.5 Å². The number of carbonyl (C=O) groups is 1. The summed E-state index contributed by atoms with van der Waals surface area (Å²) in [6, 6.07) is 6.78. The Morgan fingerprint density at radius 2 is 2.00 bits per heavy atom. The second-order valence-corrected chi connectivity index (χ2v) is 6.47. The summed E-state index contributed by atoms with van der Waals surface area (Å²) < 4.78 is 7.55. The van der Waals surface area contributed by atoms with Crippen LogP contribution in [0.1, 0.15) is 54.6 Å². The molecule has 23 heavy (non-hydrogen) atoms. The number of nitrogens with two attached hydrogens (primary N) is 1. The molecule has 2 aromatic rings. The highest BCUT2D eigenvalue weighted by atomic mass is 79.9. The van der Waals surface area contributed by atoms with Crippen LogP contribution in [0.5, 0.6) is 0 Å². The molecule has 0 aliphatic heterocycles. The van der Waals surface area contributed by atoms with E-state index in [2.05, 4.69) is 20.9 Å². The van der Waals surface area contributed by atoms with Gasteiger partial charge in [-0.05, 0) is 54.4 Å². The van der Waals surface area contributed by atoms with Crippen LogP contribution in [0.25, 0.3) is 0 Å². The van der Waals surface area contributed by atoms with Crippen molar-refractivity contribution in [3.05, 3.63) is 51.0 Å². The molecular formula is C16H19BrClN3O2. The molecule has 0 saturated carbocycles. The smallest absolute Gasteiger partial charge is 0.358 e. The molecule has 0 aliphatic carbocycles. The summed E-state index contributed by atoms with van der Waals surface area (Å²) in [6.07, 6.45) is 0. The summed E-state index contributed by atoms with van der Waals surface area (Å²) in [5.74, 6) is -0.480. The third-order valence-electron chi connectivity index (χ3n) is 3.41. The Morgan fingerprint density at radius 3 is 2.52 bits per heavy atom. The number of halogens is 2. The summed E-state index contributed by atoms with van der Waals surface area (Å²) in [6.45, 7) is 6.03. The third kappa shape index (κ3) is 3.76. The van der Waals surface area contributed by atoms with E-state index < -0.39 is 12.0 Å². The van der Waals surface area contributed by atoms with Gasteiger partial charge in [0, 0.05) is 11.1 Å². The summed E-state index contributed by atoms with van der Waals surface area (Å²) in [7, 11) is 0.